The van der Waals surface area contributed by atoms with Crippen molar-refractivity contribution in [3.05, 3.63) is 83.3 Å². The van der Waals surface area contributed by atoms with Crippen LogP contribution in [0.5, 0.6) is 0 Å². The van der Waals surface area contributed by atoms with Gasteiger partial charge < -0.3 is 19.9 Å². The van der Waals surface area contributed by atoms with Gasteiger partial charge in [-0.1, -0.05) is 12.1 Å². The Hall–Kier alpha value is -4.13. The first kappa shape index (κ1) is 25.5. The molecule has 0 spiro atoms. The molecule has 2 N–H and O–H groups in total. The van der Waals surface area contributed by atoms with Crippen LogP contribution in [0.15, 0.2) is 60.8 Å². The number of anilines is 2. The summed E-state index contributed by atoms with van der Waals surface area (Å²) in [5.74, 6) is -0.117. The molecule has 1 fully saturated rings. The molecule has 1 amide bonds. The van der Waals surface area contributed by atoms with E-state index in [2.05, 4.69) is 15.3 Å². The number of rotatable bonds is 5. The molecule has 3 aromatic heterocycles. The average molecular weight is 535 g/mol. The number of hydrogen-bond acceptors (Lipinski definition) is 5. The normalized spacial score (nSPS) is 14.6. The number of fused-ring (bicyclic) bond motifs is 1. The molecule has 1 aromatic carbocycles. The number of pyridine rings is 2. The Labute approximate surface area is 211 Å². The third-order valence-electron chi connectivity index (χ3n) is 6.05. The van der Waals surface area contributed by atoms with Crippen molar-refractivity contribution in [1.29, 1.82) is 0 Å². The Bertz CT molecular complexity index is 1490. The minimum absolute atomic E-state index is 0.0980. The molecule has 0 saturated carbocycles. The van der Waals surface area contributed by atoms with E-state index in [0.29, 0.717) is 24.6 Å². The zero-order valence-corrected chi connectivity index (χ0v) is 19.4. The van der Waals surface area contributed by atoms with E-state index in [4.69, 9.17) is 0 Å². The first-order chi connectivity index (χ1) is 17.9. The van der Waals surface area contributed by atoms with Gasteiger partial charge in [-0.05, 0) is 48.0 Å². The number of hydrogen-bond donors (Lipinski definition) is 2. The first-order valence-electron chi connectivity index (χ1n) is 11.3. The minimum atomic E-state index is -4.76. The molecular weight excluding hydrogens is 516 g/mol. The maximum atomic E-state index is 13.4. The summed E-state index contributed by atoms with van der Waals surface area (Å²) in [5, 5.41) is 12.3. The highest BCUT2D eigenvalue weighted by Gasteiger charge is 2.34. The molecule has 7 nitrogen and oxygen atoms in total. The molecule has 0 unspecified atom stereocenters. The monoisotopic (exact) mass is 535 g/mol. The Morgan fingerprint density at radius 3 is 2.39 bits per heavy atom. The Morgan fingerprint density at radius 2 is 1.76 bits per heavy atom. The van der Waals surface area contributed by atoms with E-state index >= 15 is 0 Å². The van der Waals surface area contributed by atoms with Crippen LogP contribution in [0.3, 0.4) is 0 Å². The Kier molecular flexibility index (Phi) is 6.25. The number of benzene rings is 1. The minimum Gasteiger partial charge on any atom is -0.389 e. The van der Waals surface area contributed by atoms with Crippen molar-refractivity contribution in [3.8, 4) is 0 Å². The first-order valence-corrected chi connectivity index (χ1v) is 11.3. The van der Waals surface area contributed by atoms with Gasteiger partial charge in [-0.3, -0.25) is 4.79 Å². The van der Waals surface area contributed by atoms with E-state index < -0.39 is 35.6 Å². The van der Waals surface area contributed by atoms with Crippen molar-refractivity contribution in [2.75, 3.05) is 23.3 Å². The van der Waals surface area contributed by atoms with Gasteiger partial charge in [0.1, 0.15) is 22.9 Å². The fraction of sp³-hybridized carbons (Fsp3) is 0.240. The number of nitrogens with one attached hydrogen (secondary N) is 1. The highest BCUT2D eigenvalue weighted by molar-refractivity contribution is 6.06. The second-order valence-electron chi connectivity index (χ2n) is 8.84. The van der Waals surface area contributed by atoms with Crippen LogP contribution in [-0.4, -0.2) is 44.7 Å². The molecule has 1 saturated heterocycles. The zero-order valence-electron chi connectivity index (χ0n) is 19.4. The van der Waals surface area contributed by atoms with Crippen LogP contribution in [0.1, 0.15) is 27.3 Å². The van der Waals surface area contributed by atoms with Gasteiger partial charge in [0.15, 0.2) is 0 Å². The molecule has 1 aliphatic rings. The lowest BCUT2D eigenvalue weighted by atomic mass is 10.1. The SMILES string of the molecule is O=C(Nc1ccc(N2CC(O)C2)nc1)c1cc2ccc(C(F)(F)F)nc2n1Cc1cccc(C(F)(F)F)c1. The lowest BCUT2D eigenvalue weighted by Crippen LogP contribution is -2.51. The number of carbonyl (C=O) groups is 1. The predicted octanol–water partition coefficient (Wildman–Crippen LogP) is 4.95. The van der Waals surface area contributed by atoms with E-state index in [1.807, 2.05) is 4.90 Å². The fourth-order valence-corrected chi connectivity index (χ4v) is 4.15. The van der Waals surface area contributed by atoms with E-state index in [-0.39, 0.29) is 28.8 Å². The van der Waals surface area contributed by atoms with Crippen LogP contribution in [0.2, 0.25) is 0 Å². The summed E-state index contributed by atoms with van der Waals surface area (Å²) in [5.41, 5.74) is -2.02. The number of aliphatic hydroxyl groups excluding tert-OH is 1. The number of carbonyl (C=O) groups excluding carboxylic acids is 1. The predicted molar refractivity (Wildman–Crippen MR) is 126 cm³/mol. The molecule has 4 aromatic rings. The van der Waals surface area contributed by atoms with Crippen LogP contribution < -0.4 is 10.2 Å². The Morgan fingerprint density at radius 1 is 1.00 bits per heavy atom. The fourth-order valence-electron chi connectivity index (χ4n) is 4.15. The van der Waals surface area contributed by atoms with Gasteiger partial charge in [0.2, 0.25) is 0 Å². The number of alkyl halides is 6. The van der Waals surface area contributed by atoms with Gasteiger partial charge in [-0.25, -0.2) is 9.97 Å². The largest absolute Gasteiger partial charge is 0.433 e. The number of nitrogens with zero attached hydrogens (tertiary/aromatic N) is 4. The van der Waals surface area contributed by atoms with Gasteiger partial charge in [-0.15, -0.1) is 0 Å². The van der Waals surface area contributed by atoms with Crippen LogP contribution in [0, 0.1) is 0 Å². The highest BCUT2D eigenvalue weighted by atomic mass is 19.4. The smallest absolute Gasteiger partial charge is 0.389 e. The summed E-state index contributed by atoms with van der Waals surface area (Å²) >= 11 is 0. The van der Waals surface area contributed by atoms with E-state index in [9.17, 15) is 36.2 Å². The lowest BCUT2D eigenvalue weighted by Gasteiger charge is -2.36. The molecule has 0 atom stereocenters. The topological polar surface area (TPSA) is 83.3 Å². The maximum Gasteiger partial charge on any atom is 0.433 e. The standard InChI is InChI=1S/C25H19F6N5O2/c26-24(27,28)16-3-1-2-14(8-16)11-36-19(9-15-4-6-20(25(29,30)31)34-22(15)36)23(38)33-17-5-7-21(32-10-17)35-12-18(37)13-35/h1-10,18,37H,11-13H2,(H,33,38). The summed E-state index contributed by atoms with van der Waals surface area (Å²) in [6.45, 7) is 0.529. The van der Waals surface area contributed by atoms with Gasteiger partial charge in [-0.2, -0.15) is 26.3 Å². The van der Waals surface area contributed by atoms with Crippen molar-refractivity contribution in [1.82, 2.24) is 14.5 Å². The summed E-state index contributed by atoms with van der Waals surface area (Å²) in [6, 6.07) is 10.8. The van der Waals surface area contributed by atoms with E-state index in [0.717, 1.165) is 28.8 Å². The van der Waals surface area contributed by atoms with Crippen molar-refractivity contribution in [2.24, 2.45) is 0 Å². The van der Waals surface area contributed by atoms with Crippen LogP contribution >= 0.6 is 0 Å². The number of amides is 1. The van der Waals surface area contributed by atoms with Crippen molar-refractivity contribution >= 4 is 28.4 Å². The summed E-state index contributed by atoms with van der Waals surface area (Å²) in [4.78, 5) is 22.9. The highest BCUT2D eigenvalue weighted by Crippen LogP contribution is 2.32. The molecule has 1 aliphatic heterocycles. The summed E-state index contributed by atoms with van der Waals surface area (Å²) < 4.78 is 80.9. The molecule has 13 heteroatoms. The number of halogens is 6. The Balaban J connectivity index is 1.50. The van der Waals surface area contributed by atoms with Crippen molar-refractivity contribution in [2.45, 2.75) is 25.0 Å². The number of aliphatic hydroxyl groups is 1. The van der Waals surface area contributed by atoms with Crippen LogP contribution in [-0.2, 0) is 18.9 Å². The molecule has 0 radical (unpaired) electrons. The lowest BCUT2D eigenvalue weighted by molar-refractivity contribution is -0.141. The summed E-state index contributed by atoms with van der Waals surface area (Å²) in [6.07, 6.45) is -8.43. The van der Waals surface area contributed by atoms with E-state index in [1.165, 1.54) is 24.4 Å². The summed E-state index contributed by atoms with van der Waals surface area (Å²) in [7, 11) is 0. The number of aromatic nitrogens is 3. The molecule has 38 heavy (non-hydrogen) atoms. The van der Waals surface area contributed by atoms with Gasteiger partial charge in [0, 0.05) is 25.0 Å². The maximum absolute atomic E-state index is 13.4. The quantitative estimate of drug-likeness (QED) is 0.354. The second kappa shape index (κ2) is 9.31. The molecule has 198 valence electrons. The average Bonchev–Trinajstić information content (AvgIpc) is 3.19. The second-order valence-corrected chi connectivity index (χ2v) is 8.84. The van der Waals surface area contributed by atoms with Gasteiger partial charge in [0.25, 0.3) is 5.91 Å². The molecule has 4 heterocycles. The third-order valence-corrected chi connectivity index (χ3v) is 6.05. The van der Waals surface area contributed by atoms with Crippen LogP contribution in [0.25, 0.3) is 11.0 Å². The molecule has 5 rings (SSSR count). The van der Waals surface area contributed by atoms with Crippen molar-refractivity contribution < 1.29 is 36.2 Å². The number of β-amino-alcohol motifs (C(OH)–C–C–N with tert-alkyl or cyclic N) is 1. The van der Waals surface area contributed by atoms with Crippen molar-refractivity contribution in [3.63, 3.8) is 0 Å². The third kappa shape index (κ3) is 5.14. The van der Waals surface area contributed by atoms with Gasteiger partial charge >= 0.3 is 12.4 Å². The van der Waals surface area contributed by atoms with E-state index in [1.54, 1.807) is 12.1 Å². The zero-order chi connectivity index (χ0) is 27.2. The molecule has 0 bridgehead atoms. The van der Waals surface area contributed by atoms with Crippen LogP contribution in [0.4, 0.5) is 37.8 Å². The molecular formula is C25H19F6N5O2. The van der Waals surface area contributed by atoms with Gasteiger partial charge in [0.05, 0.1) is 23.6 Å². The molecule has 0 aliphatic carbocycles.